The van der Waals surface area contributed by atoms with Crippen LogP contribution >= 0.6 is 11.9 Å². The predicted molar refractivity (Wildman–Crippen MR) is 134 cm³/mol. The third kappa shape index (κ3) is 5.62. The fourth-order valence-corrected chi connectivity index (χ4v) is 4.84. The van der Waals surface area contributed by atoms with E-state index >= 15 is 0 Å². The molecule has 8 nitrogen and oxygen atoms in total. The summed E-state index contributed by atoms with van der Waals surface area (Å²) in [7, 11) is 0. The maximum atomic E-state index is 5.82. The van der Waals surface area contributed by atoms with Gasteiger partial charge in [0.15, 0.2) is 5.82 Å². The molecule has 5 rings (SSSR count). The first kappa shape index (κ1) is 22.5. The Bertz CT molecular complexity index is 1050. The molecule has 2 fully saturated rings. The van der Waals surface area contributed by atoms with Crippen LogP contribution in [-0.4, -0.2) is 88.9 Å². The van der Waals surface area contributed by atoms with Crippen molar-refractivity contribution >= 4 is 28.8 Å². The number of benzene rings is 1. The zero-order valence-corrected chi connectivity index (χ0v) is 19.9. The summed E-state index contributed by atoms with van der Waals surface area (Å²) in [6.07, 6.45) is 5.71. The van der Waals surface area contributed by atoms with Gasteiger partial charge in [0.2, 0.25) is 0 Å². The van der Waals surface area contributed by atoms with Gasteiger partial charge in [0.1, 0.15) is 5.52 Å². The number of nitrogens with zero attached hydrogens (tertiary/aromatic N) is 5. The topological polar surface area (TPSA) is 78.4 Å². The Morgan fingerprint density at radius 1 is 1.12 bits per heavy atom. The third-order valence-corrected chi connectivity index (χ3v) is 7.09. The van der Waals surface area contributed by atoms with E-state index in [4.69, 9.17) is 9.72 Å². The first-order valence-electron chi connectivity index (χ1n) is 11.6. The van der Waals surface area contributed by atoms with E-state index in [0.717, 1.165) is 80.5 Å². The lowest BCUT2D eigenvalue weighted by Crippen LogP contribution is -2.42. The molecule has 0 amide bonds. The van der Waals surface area contributed by atoms with Crippen molar-refractivity contribution in [3.63, 3.8) is 0 Å². The van der Waals surface area contributed by atoms with Crippen molar-refractivity contribution in [2.24, 2.45) is 0 Å². The van der Waals surface area contributed by atoms with Crippen molar-refractivity contribution in [1.29, 1.82) is 0 Å². The molecule has 174 valence electrons. The summed E-state index contributed by atoms with van der Waals surface area (Å²) in [5.41, 5.74) is 4.93. The lowest BCUT2D eigenvalue weighted by molar-refractivity contribution is 0.0372. The number of nitrogens with one attached hydrogen (secondary N) is 2. The Morgan fingerprint density at radius 3 is 2.70 bits per heavy atom. The van der Waals surface area contributed by atoms with Crippen LogP contribution in [0.1, 0.15) is 5.56 Å². The van der Waals surface area contributed by atoms with Crippen molar-refractivity contribution < 1.29 is 4.74 Å². The van der Waals surface area contributed by atoms with Gasteiger partial charge >= 0.3 is 0 Å². The first-order valence-corrected chi connectivity index (χ1v) is 12.8. The smallest absolute Gasteiger partial charge is 0.154 e. The van der Waals surface area contributed by atoms with Crippen LogP contribution in [0.4, 0.5) is 5.82 Å². The fourth-order valence-electron chi connectivity index (χ4n) is 4.31. The molecule has 4 heterocycles. The lowest BCUT2D eigenvalue weighted by atomic mass is 10.1. The second-order valence-corrected chi connectivity index (χ2v) is 9.32. The van der Waals surface area contributed by atoms with Crippen molar-refractivity contribution in [3.8, 4) is 11.3 Å². The molecule has 9 heteroatoms. The number of pyridine rings is 1. The Morgan fingerprint density at radius 2 is 1.94 bits per heavy atom. The van der Waals surface area contributed by atoms with E-state index in [1.165, 1.54) is 5.56 Å². The molecule has 0 spiro atoms. The number of piperazine rings is 1. The third-order valence-electron chi connectivity index (χ3n) is 6.20. The quantitative estimate of drug-likeness (QED) is 0.512. The van der Waals surface area contributed by atoms with Gasteiger partial charge in [-0.25, -0.2) is 14.3 Å². The standard InChI is InChI=1S/C24H31N7OS/c1-33-31-11-9-30(10-12-31)17-18-2-4-19(5-3-18)21-14-22-23(27-7-6-26-22)24(29-21)28-16-20-15-25-8-13-32-20/h2-7,14,20,25H,8-13,15-17H2,1H3,(H,28,29)/t20-/m0/s1. The average molecular weight is 466 g/mol. The summed E-state index contributed by atoms with van der Waals surface area (Å²) >= 11 is 1.84. The minimum absolute atomic E-state index is 0.119. The normalized spacial score (nSPS) is 20.2. The first-order chi connectivity index (χ1) is 16.3. The van der Waals surface area contributed by atoms with Crippen LogP contribution in [0, 0.1) is 0 Å². The highest BCUT2D eigenvalue weighted by atomic mass is 32.2. The number of morpholine rings is 1. The average Bonchev–Trinajstić information content (AvgIpc) is 2.88. The molecule has 33 heavy (non-hydrogen) atoms. The van der Waals surface area contributed by atoms with Crippen LogP contribution in [0.25, 0.3) is 22.3 Å². The molecule has 0 aliphatic carbocycles. The monoisotopic (exact) mass is 465 g/mol. The highest BCUT2D eigenvalue weighted by Crippen LogP contribution is 2.26. The van der Waals surface area contributed by atoms with E-state index in [1.54, 1.807) is 12.4 Å². The van der Waals surface area contributed by atoms with Crippen LogP contribution in [0.15, 0.2) is 42.7 Å². The number of anilines is 1. The largest absolute Gasteiger partial charge is 0.374 e. The van der Waals surface area contributed by atoms with Crippen molar-refractivity contribution in [3.05, 3.63) is 48.3 Å². The Hall–Kier alpha value is -2.30. The Kier molecular flexibility index (Phi) is 7.33. The van der Waals surface area contributed by atoms with Crippen LogP contribution in [0.2, 0.25) is 0 Å². The lowest BCUT2D eigenvalue weighted by Gasteiger charge is -2.33. The van der Waals surface area contributed by atoms with E-state index in [-0.39, 0.29) is 6.10 Å². The van der Waals surface area contributed by atoms with Crippen molar-refractivity contribution in [2.45, 2.75) is 12.6 Å². The van der Waals surface area contributed by atoms with E-state index < -0.39 is 0 Å². The summed E-state index contributed by atoms with van der Waals surface area (Å²) in [5, 5.41) is 6.82. The summed E-state index contributed by atoms with van der Waals surface area (Å²) in [4.78, 5) is 16.5. The molecule has 3 aromatic rings. The minimum Gasteiger partial charge on any atom is -0.374 e. The molecule has 2 aliphatic rings. The number of hydrogen-bond donors (Lipinski definition) is 2. The van der Waals surface area contributed by atoms with Crippen molar-refractivity contribution in [1.82, 2.24) is 29.5 Å². The van der Waals surface area contributed by atoms with E-state index in [2.05, 4.69) is 60.3 Å². The number of rotatable bonds is 7. The molecule has 1 aromatic carbocycles. The van der Waals surface area contributed by atoms with E-state index in [0.29, 0.717) is 6.54 Å². The second-order valence-electron chi connectivity index (χ2n) is 8.44. The van der Waals surface area contributed by atoms with Gasteiger partial charge in [-0.05, 0) is 17.9 Å². The summed E-state index contributed by atoms with van der Waals surface area (Å²) in [6.45, 7) is 8.62. The summed E-state index contributed by atoms with van der Waals surface area (Å²) < 4.78 is 8.24. The Labute approximate surface area is 199 Å². The van der Waals surface area contributed by atoms with Gasteiger partial charge in [0, 0.05) is 70.3 Å². The van der Waals surface area contributed by atoms with Crippen LogP contribution < -0.4 is 10.6 Å². The highest BCUT2D eigenvalue weighted by Gasteiger charge is 2.17. The molecule has 0 radical (unpaired) electrons. The number of hydrogen-bond acceptors (Lipinski definition) is 9. The molecule has 2 aromatic heterocycles. The number of fused-ring (bicyclic) bond motifs is 1. The van der Waals surface area contributed by atoms with Gasteiger partial charge in [0.05, 0.1) is 23.9 Å². The van der Waals surface area contributed by atoms with Crippen molar-refractivity contribution in [2.75, 3.05) is 64.0 Å². The molecule has 0 unspecified atom stereocenters. The van der Waals surface area contributed by atoms with E-state index in [9.17, 15) is 0 Å². The predicted octanol–water partition coefficient (Wildman–Crippen LogP) is 2.49. The zero-order valence-electron chi connectivity index (χ0n) is 19.0. The number of aromatic nitrogens is 3. The van der Waals surface area contributed by atoms with Gasteiger partial charge in [-0.2, -0.15) is 0 Å². The number of ether oxygens (including phenoxy) is 1. The van der Waals surface area contributed by atoms with Crippen LogP contribution in [0.3, 0.4) is 0 Å². The molecule has 2 saturated heterocycles. The zero-order chi connectivity index (χ0) is 22.5. The van der Waals surface area contributed by atoms with Gasteiger partial charge in [-0.15, -0.1) is 0 Å². The van der Waals surface area contributed by atoms with Gasteiger partial charge < -0.3 is 15.4 Å². The van der Waals surface area contributed by atoms with Gasteiger partial charge in [-0.1, -0.05) is 36.2 Å². The van der Waals surface area contributed by atoms with Gasteiger partial charge in [-0.3, -0.25) is 9.88 Å². The maximum absolute atomic E-state index is 5.82. The summed E-state index contributed by atoms with van der Waals surface area (Å²) in [6, 6.07) is 10.8. The highest BCUT2D eigenvalue weighted by molar-refractivity contribution is 7.96. The van der Waals surface area contributed by atoms with Crippen LogP contribution in [0.5, 0.6) is 0 Å². The van der Waals surface area contributed by atoms with Crippen LogP contribution in [-0.2, 0) is 11.3 Å². The fraction of sp³-hybridized carbons (Fsp3) is 0.458. The van der Waals surface area contributed by atoms with E-state index in [1.807, 2.05) is 18.0 Å². The summed E-state index contributed by atoms with van der Waals surface area (Å²) in [5.74, 6) is 0.750. The molecular weight excluding hydrogens is 434 g/mol. The molecule has 2 N–H and O–H groups in total. The second kappa shape index (κ2) is 10.8. The SMILES string of the molecule is CSN1CCN(Cc2ccc(-c3cc4nccnc4c(NC[C@@H]4CNCCO4)n3)cc2)CC1. The molecule has 2 aliphatic heterocycles. The Balaban J connectivity index is 1.31. The molecule has 1 atom stereocenters. The molecular formula is C24H31N7OS. The minimum atomic E-state index is 0.119. The van der Waals surface area contributed by atoms with Gasteiger partial charge in [0.25, 0.3) is 0 Å². The molecule has 0 saturated carbocycles. The maximum Gasteiger partial charge on any atom is 0.154 e. The molecule has 0 bridgehead atoms.